The molecule has 0 radical (unpaired) electrons. The Morgan fingerprint density at radius 2 is 1.26 bits per heavy atom. The van der Waals surface area contributed by atoms with Crippen LogP contribution in [0.3, 0.4) is 0 Å². The molecule has 13 nitrogen and oxygen atoms in total. The Morgan fingerprint density at radius 3 is 1.48 bits per heavy atom. The van der Waals surface area contributed by atoms with Gasteiger partial charge >= 0.3 is 113 Å². The fourth-order valence-electron chi connectivity index (χ4n) is 0.829. The van der Waals surface area contributed by atoms with E-state index in [2.05, 4.69) is 5.32 Å². The van der Waals surface area contributed by atoms with Crippen LogP contribution in [0.15, 0.2) is 0 Å². The smallest absolute Gasteiger partial charge is 0.822 e. The average Bonchev–Trinajstić information content (AvgIpc) is 2.34. The van der Waals surface area contributed by atoms with Gasteiger partial charge < -0.3 is 59.1 Å². The van der Waals surface area contributed by atoms with Gasteiger partial charge in [0.1, 0.15) is 6.10 Å². The van der Waals surface area contributed by atoms with Crippen molar-refractivity contribution in [2.75, 3.05) is 19.8 Å². The van der Waals surface area contributed by atoms with Crippen molar-refractivity contribution in [3.05, 3.63) is 0 Å². The molecule has 0 aliphatic carbocycles. The van der Waals surface area contributed by atoms with Gasteiger partial charge in [0.2, 0.25) is 5.91 Å². The van der Waals surface area contributed by atoms with Gasteiger partial charge in [0.25, 0.3) is 0 Å². The minimum atomic E-state index is -5.39. The molecule has 148 valence electrons. The average molecular weight is 515 g/mol. The first-order chi connectivity index (χ1) is 10.5. The van der Waals surface area contributed by atoms with E-state index < -0.39 is 33.1 Å². The van der Waals surface area contributed by atoms with Crippen molar-refractivity contribution in [3.8, 4) is 0 Å². The Hall–Kier alpha value is 3.35. The van der Waals surface area contributed by atoms with E-state index >= 15 is 0 Å². The topological polar surface area (TPSA) is 262 Å². The third-order valence-electron chi connectivity index (χ3n) is 2.03. The van der Waals surface area contributed by atoms with Crippen molar-refractivity contribution in [2.24, 2.45) is 5.41 Å². The Morgan fingerprint density at radius 1 is 0.963 bits per heavy atom. The van der Waals surface area contributed by atoms with Gasteiger partial charge in [-0.3, -0.25) is 4.79 Å². The number of aliphatic hydroxyl groups is 3. The molecule has 0 saturated carbocycles. The van der Waals surface area contributed by atoms with Crippen LogP contribution < -0.4 is 34.7 Å². The number of nitrogens with one attached hydrogen (secondary N) is 1. The summed E-state index contributed by atoms with van der Waals surface area (Å²) in [4.78, 5) is 62.6. The van der Waals surface area contributed by atoms with Gasteiger partial charge in [0.05, 0.1) is 6.61 Å². The van der Waals surface area contributed by atoms with E-state index in [0.717, 1.165) is 0 Å². The molecule has 0 aromatic heterocycles. The standard InChI is InChI=1S/C9H19NO4.3Ca.2H3O4P/c1-9(2,6-12)7(13)8(14)10-4-3-5-11;;;;2*1-5(2,3)4/h7,11-13H,3-6H2,1-2H3,(H,10,14);;;;2*(H3,1,2,3,4)/q;3*+2;;/p-6. The predicted octanol–water partition coefficient (Wildman–Crippen LogP) is -7.93. The molecule has 0 bridgehead atoms. The van der Waals surface area contributed by atoms with Crippen LogP contribution >= 0.6 is 15.6 Å². The van der Waals surface area contributed by atoms with Crippen molar-refractivity contribution in [1.82, 2.24) is 5.32 Å². The maximum absolute atomic E-state index is 11.3. The van der Waals surface area contributed by atoms with Crippen LogP contribution in [-0.2, 0) is 13.9 Å². The van der Waals surface area contributed by atoms with Crippen LogP contribution in [0, 0.1) is 5.41 Å². The number of hydrogen-bond acceptors (Lipinski definition) is 12. The first-order valence-corrected chi connectivity index (χ1v) is 9.01. The number of amides is 1. The summed E-state index contributed by atoms with van der Waals surface area (Å²) < 4.78 is 17.1. The van der Waals surface area contributed by atoms with Crippen LogP contribution in [0.5, 0.6) is 0 Å². The first-order valence-electron chi connectivity index (χ1n) is 6.09. The molecule has 0 aliphatic heterocycles. The van der Waals surface area contributed by atoms with Crippen molar-refractivity contribution in [1.29, 1.82) is 0 Å². The molecule has 0 aliphatic rings. The fraction of sp³-hybridized carbons (Fsp3) is 0.889. The van der Waals surface area contributed by atoms with Gasteiger partial charge in [-0.15, -0.1) is 0 Å². The molecule has 27 heavy (non-hydrogen) atoms. The van der Waals surface area contributed by atoms with Crippen LogP contribution in [0.1, 0.15) is 20.3 Å². The Kier molecular flexibility index (Phi) is 36.8. The van der Waals surface area contributed by atoms with Crippen LogP contribution in [-0.4, -0.2) is 160 Å². The van der Waals surface area contributed by atoms with Gasteiger partial charge in [-0.1, -0.05) is 13.8 Å². The fourth-order valence-corrected chi connectivity index (χ4v) is 0.829. The monoisotopic (exact) mass is 515 g/mol. The van der Waals surface area contributed by atoms with E-state index in [-0.39, 0.29) is 126 Å². The van der Waals surface area contributed by atoms with Crippen molar-refractivity contribution in [2.45, 2.75) is 26.4 Å². The number of carbonyl (C=O) groups is 1. The summed E-state index contributed by atoms with van der Waals surface area (Å²) in [5.74, 6) is -0.516. The Labute approximate surface area is 246 Å². The van der Waals surface area contributed by atoms with Crippen LogP contribution in [0.2, 0.25) is 0 Å². The molecule has 1 amide bonds. The van der Waals surface area contributed by atoms with Crippen LogP contribution in [0.25, 0.3) is 0 Å². The van der Waals surface area contributed by atoms with Gasteiger partial charge in [-0.05, 0) is 6.42 Å². The zero-order valence-electron chi connectivity index (χ0n) is 14.9. The molecule has 0 spiro atoms. The second-order valence-corrected chi connectivity index (χ2v) is 6.60. The summed E-state index contributed by atoms with van der Waals surface area (Å²) in [7, 11) is -10.8. The zero-order chi connectivity index (χ0) is 20.2. The summed E-state index contributed by atoms with van der Waals surface area (Å²) >= 11 is 0. The molecular weight excluding hydrogens is 496 g/mol. The number of carbonyl (C=O) groups excluding carboxylic acids is 1. The van der Waals surface area contributed by atoms with Crippen molar-refractivity contribution >= 4 is 135 Å². The maximum Gasteiger partial charge on any atom is 2.00 e. The quantitative estimate of drug-likeness (QED) is 0.146. The zero-order valence-corrected chi connectivity index (χ0v) is 23.4. The molecule has 0 aromatic carbocycles. The summed E-state index contributed by atoms with van der Waals surface area (Å²) in [5, 5.41) is 29.3. The number of aliphatic hydroxyl groups excluding tert-OH is 3. The summed E-state index contributed by atoms with van der Waals surface area (Å²) in [6.07, 6.45) is -0.774. The third kappa shape index (κ3) is 48.2. The third-order valence-corrected chi connectivity index (χ3v) is 2.03. The van der Waals surface area contributed by atoms with E-state index in [4.69, 9.17) is 48.7 Å². The molecule has 0 saturated heterocycles. The second-order valence-electron chi connectivity index (χ2n) is 4.81. The van der Waals surface area contributed by atoms with E-state index in [1.54, 1.807) is 13.8 Å². The van der Waals surface area contributed by atoms with E-state index in [1.165, 1.54) is 0 Å². The normalized spacial score (nSPS) is 11.5. The van der Waals surface area contributed by atoms with Gasteiger partial charge in [-0.2, -0.15) is 15.6 Å². The SMILES string of the molecule is CC(C)(CO)C(O)C(=O)NCCCO.O=P([O-])([O-])[O-].O=P([O-])([O-])[O-].[Ca+2].[Ca+2].[Ca+2]. The molecule has 1 unspecified atom stereocenters. The van der Waals surface area contributed by atoms with Gasteiger partial charge in [0.15, 0.2) is 0 Å². The van der Waals surface area contributed by atoms with E-state index in [0.29, 0.717) is 13.0 Å². The Bertz CT molecular complexity index is 407. The number of phosphoric acid groups is 2. The minimum Gasteiger partial charge on any atom is -0.822 e. The van der Waals surface area contributed by atoms with Gasteiger partial charge in [0, 0.05) is 18.6 Å². The van der Waals surface area contributed by atoms with Gasteiger partial charge in [-0.25, -0.2) is 0 Å². The van der Waals surface area contributed by atoms with E-state index in [9.17, 15) is 9.90 Å². The molecule has 0 aromatic rings. The Balaban J connectivity index is -0.0000000716. The predicted molar refractivity (Wildman–Crippen MR) is 84.1 cm³/mol. The molecule has 0 heterocycles. The number of rotatable bonds is 6. The molecule has 0 fully saturated rings. The summed E-state index contributed by atoms with van der Waals surface area (Å²) in [6.45, 7) is 3.27. The second kappa shape index (κ2) is 22.5. The summed E-state index contributed by atoms with van der Waals surface area (Å²) in [5.41, 5.74) is -0.844. The molecular formula is C9H19Ca3NO12P2. The number of hydrogen-bond donors (Lipinski definition) is 4. The molecule has 1 atom stereocenters. The maximum atomic E-state index is 11.3. The molecule has 0 rings (SSSR count). The molecule has 18 heteroatoms. The molecule has 4 N–H and O–H groups in total. The van der Waals surface area contributed by atoms with Crippen molar-refractivity contribution in [3.63, 3.8) is 0 Å². The summed E-state index contributed by atoms with van der Waals surface area (Å²) in [6, 6.07) is 0. The largest absolute Gasteiger partial charge is 2.00 e. The first kappa shape index (κ1) is 44.1. The van der Waals surface area contributed by atoms with E-state index in [1.807, 2.05) is 0 Å². The minimum absolute atomic E-state index is 0. The van der Waals surface area contributed by atoms with Crippen LogP contribution in [0.4, 0.5) is 0 Å². The van der Waals surface area contributed by atoms with Crippen molar-refractivity contribution < 1.29 is 58.6 Å².